The summed E-state index contributed by atoms with van der Waals surface area (Å²) in [4.78, 5) is 31.7. The van der Waals surface area contributed by atoms with Crippen LogP contribution in [0.25, 0.3) is 27.9 Å². The van der Waals surface area contributed by atoms with Gasteiger partial charge in [-0.25, -0.2) is 0 Å². The number of fused-ring (bicyclic) bond motifs is 3. The van der Waals surface area contributed by atoms with Crippen LogP contribution in [0.3, 0.4) is 0 Å². The smallest absolute Gasteiger partial charge is 0.258 e. The van der Waals surface area contributed by atoms with Crippen LogP contribution < -0.4 is 11.1 Å². The SMILES string of the molecule is Nc1ccc(C(=O)NC(=O)/C=C/c2cc3c(cn2)[nH]c2ccccc23)cc1. The molecule has 2 amide bonds. The largest absolute Gasteiger partial charge is 0.399 e. The first-order valence-electron chi connectivity index (χ1n) is 8.35. The van der Waals surface area contributed by atoms with E-state index in [4.69, 9.17) is 5.73 Å². The number of rotatable bonds is 3. The molecule has 0 aliphatic carbocycles. The average Bonchev–Trinajstić information content (AvgIpc) is 3.05. The summed E-state index contributed by atoms with van der Waals surface area (Å²) < 4.78 is 0. The number of nitrogens with one attached hydrogen (secondary N) is 2. The molecule has 132 valence electrons. The molecule has 0 aliphatic rings. The fourth-order valence-corrected chi connectivity index (χ4v) is 2.88. The van der Waals surface area contributed by atoms with Crippen molar-refractivity contribution in [2.75, 3.05) is 5.73 Å². The summed E-state index contributed by atoms with van der Waals surface area (Å²) in [5.74, 6) is -0.998. The third-order valence-corrected chi connectivity index (χ3v) is 4.23. The van der Waals surface area contributed by atoms with Gasteiger partial charge in [0.1, 0.15) is 0 Å². The quantitative estimate of drug-likeness (QED) is 0.387. The Morgan fingerprint density at radius 2 is 1.78 bits per heavy atom. The lowest BCUT2D eigenvalue weighted by Crippen LogP contribution is -2.28. The van der Waals surface area contributed by atoms with Crippen LogP contribution in [-0.4, -0.2) is 21.8 Å². The minimum atomic E-state index is -0.516. The summed E-state index contributed by atoms with van der Waals surface area (Å²) >= 11 is 0. The molecule has 4 rings (SSSR count). The molecule has 4 N–H and O–H groups in total. The molecule has 2 heterocycles. The summed E-state index contributed by atoms with van der Waals surface area (Å²) in [7, 11) is 0. The van der Waals surface area contributed by atoms with Gasteiger partial charge in [0.15, 0.2) is 0 Å². The van der Waals surface area contributed by atoms with E-state index < -0.39 is 11.8 Å². The summed E-state index contributed by atoms with van der Waals surface area (Å²) in [5, 5.41) is 4.43. The molecular weight excluding hydrogens is 340 g/mol. The fourth-order valence-electron chi connectivity index (χ4n) is 2.88. The number of H-pyrrole nitrogens is 1. The van der Waals surface area contributed by atoms with Crippen molar-refractivity contribution in [3.63, 3.8) is 0 Å². The maximum Gasteiger partial charge on any atom is 0.258 e. The van der Waals surface area contributed by atoms with Crippen molar-refractivity contribution in [2.45, 2.75) is 0 Å². The molecule has 0 unspecified atom stereocenters. The first-order valence-corrected chi connectivity index (χ1v) is 8.35. The third kappa shape index (κ3) is 3.41. The topological polar surface area (TPSA) is 101 Å². The van der Waals surface area contributed by atoms with Gasteiger partial charge in [0.25, 0.3) is 11.8 Å². The number of carbonyl (C=O) groups is 2. The molecule has 6 heteroatoms. The van der Waals surface area contributed by atoms with E-state index in [1.165, 1.54) is 6.08 Å². The summed E-state index contributed by atoms with van der Waals surface area (Å²) in [6, 6.07) is 16.2. The number of hydrogen-bond donors (Lipinski definition) is 3. The highest BCUT2D eigenvalue weighted by Crippen LogP contribution is 2.25. The molecular formula is C21H16N4O2. The molecule has 0 fully saturated rings. The molecule has 4 aromatic rings. The van der Waals surface area contributed by atoms with Crippen molar-refractivity contribution in [1.29, 1.82) is 0 Å². The van der Waals surface area contributed by atoms with Crippen molar-refractivity contribution in [3.8, 4) is 0 Å². The lowest BCUT2D eigenvalue weighted by Gasteiger charge is -2.01. The van der Waals surface area contributed by atoms with Crippen LogP contribution in [0.1, 0.15) is 16.1 Å². The van der Waals surface area contributed by atoms with Gasteiger partial charge >= 0.3 is 0 Å². The number of nitrogen functional groups attached to an aromatic ring is 1. The maximum atomic E-state index is 12.0. The Kier molecular flexibility index (Phi) is 4.14. The van der Waals surface area contributed by atoms with Crippen molar-refractivity contribution in [2.24, 2.45) is 0 Å². The molecule has 0 radical (unpaired) electrons. The standard InChI is InChI=1S/C21H16N4O2/c22-14-7-5-13(6-8-14)21(27)25-20(26)10-9-15-11-17-16-3-1-2-4-18(16)24-19(17)12-23-15/h1-12,24H,22H2,(H,25,26,27)/b10-9+. The summed E-state index contributed by atoms with van der Waals surface area (Å²) in [6.07, 6.45) is 4.59. The van der Waals surface area contributed by atoms with E-state index in [2.05, 4.69) is 15.3 Å². The number of anilines is 1. The molecule has 0 saturated heterocycles. The minimum absolute atomic E-state index is 0.365. The van der Waals surface area contributed by atoms with E-state index in [1.54, 1.807) is 36.5 Å². The first-order chi connectivity index (χ1) is 13.1. The van der Waals surface area contributed by atoms with Gasteiger partial charge in [-0.1, -0.05) is 18.2 Å². The number of benzene rings is 2. The second-order valence-corrected chi connectivity index (χ2v) is 6.10. The zero-order chi connectivity index (χ0) is 18.8. The highest BCUT2D eigenvalue weighted by molar-refractivity contribution is 6.10. The Bertz CT molecular complexity index is 1190. The van der Waals surface area contributed by atoms with Gasteiger partial charge in [-0.2, -0.15) is 0 Å². The van der Waals surface area contributed by atoms with Crippen molar-refractivity contribution in [3.05, 3.63) is 78.1 Å². The zero-order valence-corrected chi connectivity index (χ0v) is 14.3. The van der Waals surface area contributed by atoms with Gasteiger partial charge in [-0.05, 0) is 42.5 Å². The summed E-state index contributed by atoms with van der Waals surface area (Å²) in [5.41, 5.74) is 9.09. The normalized spacial score (nSPS) is 11.3. The number of pyridine rings is 1. The predicted octanol–water partition coefficient (Wildman–Crippen LogP) is 3.27. The van der Waals surface area contributed by atoms with Gasteiger partial charge in [0.2, 0.25) is 0 Å². The van der Waals surface area contributed by atoms with E-state index in [0.717, 1.165) is 21.8 Å². The Labute approximate surface area is 154 Å². The zero-order valence-electron chi connectivity index (χ0n) is 14.3. The molecule has 0 bridgehead atoms. The Morgan fingerprint density at radius 1 is 1.00 bits per heavy atom. The maximum absolute atomic E-state index is 12.0. The molecule has 6 nitrogen and oxygen atoms in total. The Balaban J connectivity index is 1.51. The third-order valence-electron chi connectivity index (χ3n) is 4.23. The van der Waals surface area contributed by atoms with Gasteiger partial charge in [0, 0.05) is 33.6 Å². The van der Waals surface area contributed by atoms with Crippen LogP contribution in [0.2, 0.25) is 0 Å². The van der Waals surface area contributed by atoms with Crippen LogP contribution in [-0.2, 0) is 4.79 Å². The number of para-hydroxylation sites is 1. The molecule has 27 heavy (non-hydrogen) atoms. The number of aromatic amines is 1. The Hall–Kier alpha value is -3.93. The average molecular weight is 356 g/mol. The van der Waals surface area contributed by atoms with E-state index in [0.29, 0.717) is 16.9 Å². The van der Waals surface area contributed by atoms with Crippen molar-refractivity contribution >= 4 is 45.4 Å². The lowest BCUT2D eigenvalue weighted by atomic mass is 10.1. The molecule has 0 aliphatic heterocycles. The highest BCUT2D eigenvalue weighted by Gasteiger charge is 2.08. The van der Waals surface area contributed by atoms with Gasteiger partial charge in [-0.15, -0.1) is 0 Å². The van der Waals surface area contributed by atoms with E-state index in [9.17, 15) is 9.59 Å². The monoisotopic (exact) mass is 356 g/mol. The van der Waals surface area contributed by atoms with E-state index in [-0.39, 0.29) is 0 Å². The van der Waals surface area contributed by atoms with Crippen LogP contribution >= 0.6 is 0 Å². The van der Waals surface area contributed by atoms with Crippen molar-refractivity contribution < 1.29 is 9.59 Å². The number of imide groups is 1. The fraction of sp³-hybridized carbons (Fsp3) is 0. The summed E-state index contributed by atoms with van der Waals surface area (Å²) in [6.45, 7) is 0. The van der Waals surface area contributed by atoms with E-state index in [1.807, 2.05) is 30.3 Å². The van der Waals surface area contributed by atoms with Gasteiger partial charge in [-0.3, -0.25) is 19.9 Å². The number of amides is 2. The molecule has 0 atom stereocenters. The molecule has 0 spiro atoms. The number of nitrogens with two attached hydrogens (primary N) is 1. The van der Waals surface area contributed by atoms with Crippen molar-refractivity contribution in [1.82, 2.24) is 15.3 Å². The first kappa shape index (κ1) is 16.5. The van der Waals surface area contributed by atoms with E-state index >= 15 is 0 Å². The molecule has 2 aromatic carbocycles. The van der Waals surface area contributed by atoms with Gasteiger partial charge in [0.05, 0.1) is 17.4 Å². The second-order valence-electron chi connectivity index (χ2n) is 6.10. The second kappa shape index (κ2) is 6.76. The van der Waals surface area contributed by atoms with Gasteiger partial charge < -0.3 is 10.7 Å². The number of hydrogen-bond acceptors (Lipinski definition) is 4. The van der Waals surface area contributed by atoms with Crippen LogP contribution in [0.5, 0.6) is 0 Å². The lowest BCUT2D eigenvalue weighted by molar-refractivity contribution is -0.115. The van der Waals surface area contributed by atoms with Crippen LogP contribution in [0.15, 0.2) is 66.9 Å². The van der Waals surface area contributed by atoms with Crippen LogP contribution in [0, 0.1) is 0 Å². The van der Waals surface area contributed by atoms with Crippen LogP contribution in [0.4, 0.5) is 5.69 Å². The minimum Gasteiger partial charge on any atom is -0.399 e. The molecule has 2 aromatic heterocycles. The highest BCUT2D eigenvalue weighted by atomic mass is 16.2. The number of nitrogens with zero attached hydrogens (tertiary/aromatic N) is 1. The Morgan fingerprint density at radius 3 is 2.59 bits per heavy atom. The molecule has 0 saturated carbocycles. The number of carbonyl (C=O) groups excluding carboxylic acids is 2. The number of aromatic nitrogens is 2. The predicted molar refractivity (Wildman–Crippen MR) is 106 cm³/mol.